The summed E-state index contributed by atoms with van der Waals surface area (Å²) >= 11 is 0. The number of hydrogen-bond acceptors (Lipinski definition) is 3. The van der Waals surface area contributed by atoms with Gasteiger partial charge in [0.25, 0.3) is 0 Å². The minimum atomic E-state index is -0.937. The predicted octanol–water partition coefficient (Wildman–Crippen LogP) is -0.0809. The summed E-state index contributed by atoms with van der Waals surface area (Å²) < 4.78 is 0. The van der Waals surface area contributed by atoms with Crippen molar-refractivity contribution in [2.45, 2.75) is 19.3 Å². The summed E-state index contributed by atoms with van der Waals surface area (Å²) in [6.07, 6.45) is 0.850. The molecular weight excluding hydrogens is 184 g/mol. The molecule has 14 heavy (non-hydrogen) atoms. The van der Waals surface area contributed by atoms with Crippen molar-refractivity contribution in [3.63, 3.8) is 0 Å². The Kier molecular flexibility index (Phi) is 6.74. The average molecular weight is 202 g/mol. The molecule has 0 bridgehead atoms. The SMILES string of the molecule is CN(C)CCCNC(=O)CCC(=O)O. The van der Waals surface area contributed by atoms with Crippen LogP contribution in [0.15, 0.2) is 0 Å². The topological polar surface area (TPSA) is 69.6 Å². The maximum Gasteiger partial charge on any atom is 0.303 e. The van der Waals surface area contributed by atoms with Gasteiger partial charge in [0.15, 0.2) is 0 Å². The number of nitrogens with one attached hydrogen (secondary N) is 1. The molecule has 0 heterocycles. The minimum Gasteiger partial charge on any atom is -0.481 e. The molecule has 0 aliphatic rings. The average Bonchev–Trinajstić information content (AvgIpc) is 2.08. The van der Waals surface area contributed by atoms with Gasteiger partial charge in [0.05, 0.1) is 6.42 Å². The minimum absolute atomic E-state index is 0.0668. The molecule has 1 amide bonds. The number of aliphatic carboxylic acids is 1. The van der Waals surface area contributed by atoms with E-state index in [2.05, 4.69) is 5.32 Å². The van der Waals surface area contributed by atoms with Gasteiger partial charge in [-0.3, -0.25) is 9.59 Å². The Bertz CT molecular complexity index is 192. The number of carbonyl (C=O) groups is 2. The van der Waals surface area contributed by atoms with Crippen molar-refractivity contribution in [2.75, 3.05) is 27.2 Å². The molecule has 0 aromatic heterocycles. The van der Waals surface area contributed by atoms with Crippen LogP contribution in [0.2, 0.25) is 0 Å². The van der Waals surface area contributed by atoms with Crippen molar-refractivity contribution in [3.8, 4) is 0 Å². The Balaban J connectivity index is 3.31. The molecule has 0 aromatic carbocycles. The zero-order valence-electron chi connectivity index (χ0n) is 8.75. The molecule has 0 spiro atoms. The van der Waals surface area contributed by atoms with Crippen molar-refractivity contribution < 1.29 is 14.7 Å². The summed E-state index contributed by atoms with van der Waals surface area (Å²) in [5, 5.41) is 11.0. The van der Waals surface area contributed by atoms with Gasteiger partial charge in [0, 0.05) is 13.0 Å². The van der Waals surface area contributed by atoms with Crippen LogP contribution in [0.1, 0.15) is 19.3 Å². The van der Waals surface area contributed by atoms with Gasteiger partial charge in [-0.05, 0) is 27.1 Å². The highest BCUT2D eigenvalue weighted by molar-refractivity contribution is 5.80. The van der Waals surface area contributed by atoms with Gasteiger partial charge in [-0.1, -0.05) is 0 Å². The fourth-order valence-corrected chi connectivity index (χ4v) is 0.932. The van der Waals surface area contributed by atoms with Crippen LogP contribution in [0.5, 0.6) is 0 Å². The second-order valence-corrected chi connectivity index (χ2v) is 3.40. The van der Waals surface area contributed by atoms with Gasteiger partial charge < -0.3 is 15.3 Å². The second kappa shape index (κ2) is 7.32. The molecule has 0 aliphatic heterocycles. The smallest absolute Gasteiger partial charge is 0.303 e. The molecule has 82 valence electrons. The van der Waals surface area contributed by atoms with Crippen LogP contribution < -0.4 is 5.32 Å². The number of rotatable bonds is 7. The molecule has 2 N–H and O–H groups in total. The lowest BCUT2D eigenvalue weighted by Crippen LogP contribution is -2.27. The van der Waals surface area contributed by atoms with Crippen LogP contribution in [-0.2, 0) is 9.59 Å². The molecule has 0 saturated heterocycles. The highest BCUT2D eigenvalue weighted by Crippen LogP contribution is 1.89. The van der Waals surface area contributed by atoms with Crippen molar-refractivity contribution in [1.29, 1.82) is 0 Å². The molecule has 0 saturated carbocycles. The largest absolute Gasteiger partial charge is 0.481 e. The van der Waals surface area contributed by atoms with Crippen LogP contribution >= 0.6 is 0 Å². The monoisotopic (exact) mass is 202 g/mol. The molecular formula is C9H18N2O3. The molecule has 0 atom stereocenters. The number of carboxylic acids is 1. The van der Waals surface area contributed by atoms with E-state index in [1.165, 1.54) is 0 Å². The van der Waals surface area contributed by atoms with E-state index in [-0.39, 0.29) is 18.7 Å². The van der Waals surface area contributed by atoms with Crippen molar-refractivity contribution in [2.24, 2.45) is 0 Å². The molecule has 0 unspecified atom stereocenters. The van der Waals surface area contributed by atoms with E-state index in [0.29, 0.717) is 6.54 Å². The third kappa shape index (κ3) is 8.99. The van der Waals surface area contributed by atoms with E-state index >= 15 is 0 Å². The summed E-state index contributed by atoms with van der Waals surface area (Å²) in [4.78, 5) is 23.2. The van der Waals surface area contributed by atoms with Crippen LogP contribution in [0.25, 0.3) is 0 Å². The standard InChI is InChI=1S/C9H18N2O3/c1-11(2)7-3-6-10-8(12)4-5-9(13)14/h3-7H2,1-2H3,(H,10,12)(H,13,14). The van der Waals surface area contributed by atoms with Gasteiger partial charge >= 0.3 is 5.97 Å². The Morgan fingerprint density at radius 2 is 1.93 bits per heavy atom. The van der Waals surface area contributed by atoms with Crippen LogP contribution in [0.3, 0.4) is 0 Å². The maximum absolute atomic E-state index is 11.0. The van der Waals surface area contributed by atoms with Crippen molar-refractivity contribution in [1.82, 2.24) is 10.2 Å². The van der Waals surface area contributed by atoms with E-state index in [9.17, 15) is 9.59 Å². The van der Waals surface area contributed by atoms with E-state index in [1.807, 2.05) is 19.0 Å². The van der Waals surface area contributed by atoms with E-state index in [0.717, 1.165) is 13.0 Å². The van der Waals surface area contributed by atoms with Crippen molar-refractivity contribution >= 4 is 11.9 Å². The Hall–Kier alpha value is -1.10. The first kappa shape index (κ1) is 12.9. The Morgan fingerprint density at radius 3 is 2.43 bits per heavy atom. The van der Waals surface area contributed by atoms with Gasteiger partial charge in [-0.25, -0.2) is 0 Å². The zero-order valence-corrected chi connectivity index (χ0v) is 8.75. The summed E-state index contributed by atoms with van der Waals surface area (Å²) in [6.45, 7) is 1.52. The first-order chi connectivity index (χ1) is 6.52. The number of hydrogen-bond donors (Lipinski definition) is 2. The van der Waals surface area contributed by atoms with E-state index < -0.39 is 5.97 Å². The normalized spacial score (nSPS) is 10.2. The summed E-state index contributed by atoms with van der Waals surface area (Å²) in [6, 6.07) is 0. The summed E-state index contributed by atoms with van der Waals surface area (Å²) in [5.74, 6) is -1.13. The van der Waals surface area contributed by atoms with Gasteiger partial charge in [0.1, 0.15) is 0 Å². The Morgan fingerprint density at radius 1 is 1.29 bits per heavy atom. The maximum atomic E-state index is 11.0. The quantitative estimate of drug-likeness (QED) is 0.566. The highest BCUT2D eigenvalue weighted by atomic mass is 16.4. The van der Waals surface area contributed by atoms with Gasteiger partial charge in [0.2, 0.25) is 5.91 Å². The lowest BCUT2D eigenvalue weighted by molar-refractivity contribution is -0.138. The van der Waals surface area contributed by atoms with Crippen LogP contribution in [0, 0.1) is 0 Å². The van der Waals surface area contributed by atoms with Gasteiger partial charge in [-0.15, -0.1) is 0 Å². The third-order valence-corrected chi connectivity index (χ3v) is 1.67. The fourth-order valence-electron chi connectivity index (χ4n) is 0.932. The van der Waals surface area contributed by atoms with Crippen molar-refractivity contribution in [3.05, 3.63) is 0 Å². The fraction of sp³-hybridized carbons (Fsp3) is 0.778. The number of nitrogens with zero attached hydrogens (tertiary/aromatic N) is 1. The summed E-state index contributed by atoms with van der Waals surface area (Å²) in [7, 11) is 3.93. The molecule has 5 nitrogen and oxygen atoms in total. The first-order valence-corrected chi connectivity index (χ1v) is 4.65. The lowest BCUT2D eigenvalue weighted by Gasteiger charge is -2.09. The predicted molar refractivity (Wildman–Crippen MR) is 53.1 cm³/mol. The van der Waals surface area contributed by atoms with Gasteiger partial charge in [-0.2, -0.15) is 0 Å². The summed E-state index contributed by atoms with van der Waals surface area (Å²) in [5.41, 5.74) is 0. The molecule has 0 aliphatic carbocycles. The Labute approximate surface area is 84.1 Å². The third-order valence-electron chi connectivity index (χ3n) is 1.67. The number of amides is 1. The zero-order chi connectivity index (χ0) is 11.0. The van der Waals surface area contributed by atoms with Crippen LogP contribution in [0.4, 0.5) is 0 Å². The molecule has 0 rings (SSSR count). The lowest BCUT2D eigenvalue weighted by atomic mass is 10.3. The molecule has 0 fully saturated rings. The number of carbonyl (C=O) groups excluding carboxylic acids is 1. The van der Waals surface area contributed by atoms with E-state index in [4.69, 9.17) is 5.11 Å². The molecule has 0 aromatic rings. The second-order valence-electron chi connectivity index (χ2n) is 3.40. The highest BCUT2D eigenvalue weighted by Gasteiger charge is 2.03. The molecule has 0 radical (unpaired) electrons. The van der Waals surface area contributed by atoms with Crippen LogP contribution in [-0.4, -0.2) is 49.1 Å². The van der Waals surface area contributed by atoms with E-state index in [1.54, 1.807) is 0 Å². The molecule has 5 heteroatoms. The number of carboxylic acid groups (broad SMARTS) is 1. The first-order valence-electron chi connectivity index (χ1n) is 4.65.